The summed E-state index contributed by atoms with van der Waals surface area (Å²) in [5, 5.41) is 3.33. The summed E-state index contributed by atoms with van der Waals surface area (Å²) in [6.07, 6.45) is 5.01. The number of benzene rings is 1. The van der Waals surface area contributed by atoms with Gasteiger partial charge in [-0.05, 0) is 43.1 Å². The van der Waals surface area contributed by atoms with Crippen LogP contribution in [0, 0.1) is 12.7 Å². The fourth-order valence-electron chi connectivity index (χ4n) is 1.54. The minimum absolute atomic E-state index is 0.167. The van der Waals surface area contributed by atoms with Gasteiger partial charge in [0.2, 0.25) is 0 Å². The summed E-state index contributed by atoms with van der Waals surface area (Å²) in [6, 6.07) is 5.59. The zero-order valence-electron chi connectivity index (χ0n) is 10.3. The van der Waals surface area contributed by atoms with Crippen LogP contribution in [0.15, 0.2) is 24.3 Å². The van der Waals surface area contributed by atoms with E-state index in [1.165, 1.54) is 6.07 Å². The molecule has 0 fully saturated rings. The predicted octanol–water partition coefficient (Wildman–Crippen LogP) is 3.54. The van der Waals surface area contributed by atoms with Crippen molar-refractivity contribution in [2.45, 2.75) is 33.2 Å². The van der Waals surface area contributed by atoms with E-state index in [0.717, 1.165) is 24.1 Å². The molecule has 0 aliphatic carbocycles. The lowest BCUT2D eigenvalue weighted by molar-refractivity contribution is 0.595. The summed E-state index contributed by atoms with van der Waals surface area (Å²) in [7, 11) is 0. The highest BCUT2D eigenvalue weighted by atomic mass is 19.1. The van der Waals surface area contributed by atoms with Crippen molar-refractivity contribution in [2.24, 2.45) is 0 Å². The van der Waals surface area contributed by atoms with E-state index in [1.54, 1.807) is 6.07 Å². The molecule has 88 valence electrons. The number of hydrogen-bond acceptors (Lipinski definition) is 1. The lowest BCUT2D eigenvalue weighted by atomic mass is 10.1. The lowest BCUT2D eigenvalue weighted by Gasteiger charge is -2.04. The summed E-state index contributed by atoms with van der Waals surface area (Å²) >= 11 is 0. The molecular weight excluding hydrogens is 201 g/mol. The molecule has 1 N–H and O–H groups in total. The van der Waals surface area contributed by atoms with E-state index in [-0.39, 0.29) is 5.82 Å². The van der Waals surface area contributed by atoms with Crippen LogP contribution in [-0.2, 0) is 0 Å². The lowest BCUT2D eigenvalue weighted by Crippen LogP contribution is -2.23. The van der Waals surface area contributed by atoms with E-state index in [9.17, 15) is 4.39 Å². The Morgan fingerprint density at radius 1 is 1.31 bits per heavy atom. The van der Waals surface area contributed by atoms with Crippen molar-refractivity contribution in [1.82, 2.24) is 5.32 Å². The first-order chi connectivity index (χ1) is 7.58. The fourth-order valence-corrected chi connectivity index (χ4v) is 1.54. The van der Waals surface area contributed by atoms with Gasteiger partial charge in [0.05, 0.1) is 0 Å². The van der Waals surface area contributed by atoms with Gasteiger partial charge >= 0.3 is 0 Å². The van der Waals surface area contributed by atoms with Gasteiger partial charge in [-0.2, -0.15) is 0 Å². The van der Waals surface area contributed by atoms with Crippen molar-refractivity contribution in [3.8, 4) is 0 Å². The highest BCUT2D eigenvalue weighted by Gasteiger charge is 1.94. The van der Waals surface area contributed by atoms with Crippen LogP contribution < -0.4 is 5.32 Å². The third-order valence-electron chi connectivity index (χ3n) is 2.24. The molecule has 0 amide bonds. The minimum Gasteiger partial charge on any atom is -0.314 e. The average molecular weight is 221 g/mol. The number of nitrogens with one attached hydrogen (secondary N) is 1. The Balaban J connectivity index is 2.43. The van der Waals surface area contributed by atoms with Gasteiger partial charge in [-0.1, -0.05) is 32.1 Å². The summed E-state index contributed by atoms with van der Waals surface area (Å²) in [5.74, 6) is -0.167. The van der Waals surface area contributed by atoms with Crippen LogP contribution in [-0.4, -0.2) is 12.6 Å². The number of hydrogen-bond donors (Lipinski definition) is 1. The molecule has 0 unspecified atom stereocenters. The van der Waals surface area contributed by atoms with Gasteiger partial charge in [0.25, 0.3) is 0 Å². The van der Waals surface area contributed by atoms with Gasteiger partial charge in [-0.3, -0.25) is 0 Å². The quantitative estimate of drug-likeness (QED) is 0.750. The Labute approximate surface area is 97.4 Å². The first kappa shape index (κ1) is 12.9. The van der Waals surface area contributed by atoms with Gasteiger partial charge in [0.15, 0.2) is 0 Å². The zero-order chi connectivity index (χ0) is 12.0. The Hall–Kier alpha value is -1.15. The van der Waals surface area contributed by atoms with Crippen LogP contribution in [0.4, 0.5) is 4.39 Å². The molecular formula is C14H20FN. The topological polar surface area (TPSA) is 12.0 Å². The van der Waals surface area contributed by atoms with Crippen molar-refractivity contribution in [3.63, 3.8) is 0 Å². The van der Waals surface area contributed by atoms with Crippen molar-refractivity contribution in [3.05, 3.63) is 41.2 Å². The molecule has 0 spiro atoms. The number of aryl methyl sites for hydroxylation is 1. The molecule has 2 heteroatoms. The first-order valence-electron chi connectivity index (χ1n) is 5.75. The fraction of sp³-hybridized carbons (Fsp3) is 0.429. The predicted molar refractivity (Wildman–Crippen MR) is 67.9 cm³/mol. The number of rotatable bonds is 5. The van der Waals surface area contributed by atoms with Gasteiger partial charge in [0, 0.05) is 6.04 Å². The normalized spacial score (nSPS) is 11.6. The standard InChI is InChI=1S/C14H20FN/c1-11(2)16-7-5-4-6-13-8-12(3)9-14(15)10-13/h4,6,8-11,16H,5,7H2,1-3H3. The van der Waals surface area contributed by atoms with Crippen LogP contribution >= 0.6 is 0 Å². The minimum atomic E-state index is -0.167. The van der Waals surface area contributed by atoms with Gasteiger partial charge < -0.3 is 5.32 Å². The molecule has 16 heavy (non-hydrogen) atoms. The number of halogens is 1. The maximum Gasteiger partial charge on any atom is 0.124 e. The molecule has 0 aromatic heterocycles. The summed E-state index contributed by atoms with van der Waals surface area (Å²) in [4.78, 5) is 0. The second-order valence-corrected chi connectivity index (χ2v) is 4.36. The molecule has 0 saturated carbocycles. The second-order valence-electron chi connectivity index (χ2n) is 4.36. The highest BCUT2D eigenvalue weighted by Crippen LogP contribution is 2.10. The molecule has 1 aromatic rings. The monoisotopic (exact) mass is 221 g/mol. The molecule has 0 atom stereocenters. The molecule has 1 aromatic carbocycles. The van der Waals surface area contributed by atoms with Gasteiger partial charge in [-0.25, -0.2) is 4.39 Å². The van der Waals surface area contributed by atoms with Crippen molar-refractivity contribution >= 4 is 6.08 Å². The summed E-state index contributed by atoms with van der Waals surface area (Å²) in [5.41, 5.74) is 1.89. The smallest absolute Gasteiger partial charge is 0.124 e. The van der Waals surface area contributed by atoms with Crippen molar-refractivity contribution in [1.29, 1.82) is 0 Å². The maximum atomic E-state index is 13.1. The van der Waals surface area contributed by atoms with E-state index >= 15 is 0 Å². The van der Waals surface area contributed by atoms with Crippen LogP contribution in [0.25, 0.3) is 6.08 Å². The third-order valence-corrected chi connectivity index (χ3v) is 2.24. The Kier molecular flexibility index (Phi) is 5.20. The molecule has 0 aliphatic rings. The molecule has 0 bridgehead atoms. The molecule has 0 aliphatic heterocycles. The van der Waals surface area contributed by atoms with Crippen LogP contribution in [0.3, 0.4) is 0 Å². The van der Waals surface area contributed by atoms with Crippen LogP contribution in [0.1, 0.15) is 31.4 Å². The Morgan fingerprint density at radius 2 is 2.06 bits per heavy atom. The molecule has 0 radical (unpaired) electrons. The van der Waals surface area contributed by atoms with Crippen molar-refractivity contribution in [2.75, 3.05) is 6.54 Å². The molecule has 0 saturated heterocycles. The van der Waals surface area contributed by atoms with E-state index in [0.29, 0.717) is 6.04 Å². The summed E-state index contributed by atoms with van der Waals surface area (Å²) < 4.78 is 13.1. The Morgan fingerprint density at radius 3 is 2.69 bits per heavy atom. The van der Waals surface area contributed by atoms with Crippen LogP contribution in [0.5, 0.6) is 0 Å². The molecule has 0 heterocycles. The van der Waals surface area contributed by atoms with E-state index in [1.807, 2.05) is 19.1 Å². The Bertz CT molecular complexity index is 336. The molecule has 1 nitrogen and oxygen atoms in total. The maximum absolute atomic E-state index is 13.1. The largest absolute Gasteiger partial charge is 0.314 e. The summed E-state index contributed by atoms with van der Waals surface area (Å²) in [6.45, 7) is 7.11. The highest BCUT2D eigenvalue weighted by molar-refractivity contribution is 5.50. The van der Waals surface area contributed by atoms with E-state index in [4.69, 9.17) is 0 Å². The first-order valence-corrected chi connectivity index (χ1v) is 5.75. The van der Waals surface area contributed by atoms with E-state index < -0.39 is 0 Å². The van der Waals surface area contributed by atoms with Gasteiger partial charge in [0.1, 0.15) is 5.82 Å². The van der Waals surface area contributed by atoms with E-state index in [2.05, 4.69) is 25.2 Å². The zero-order valence-corrected chi connectivity index (χ0v) is 10.3. The van der Waals surface area contributed by atoms with Crippen LogP contribution in [0.2, 0.25) is 0 Å². The molecule has 1 rings (SSSR count). The van der Waals surface area contributed by atoms with Gasteiger partial charge in [-0.15, -0.1) is 0 Å². The third kappa shape index (κ3) is 5.08. The average Bonchev–Trinajstić information content (AvgIpc) is 2.15. The second kappa shape index (κ2) is 6.44. The van der Waals surface area contributed by atoms with Crippen molar-refractivity contribution < 1.29 is 4.39 Å². The SMILES string of the molecule is Cc1cc(F)cc(C=CCCNC(C)C)c1.